The maximum absolute atomic E-state index is 12.4. The van der Waals surface area contributed by atoms with Gasteiger partial charge in [-0.2, -0.15) is 0 Å². The van der Waals surface area contributed by atoms with Crippen molar-refractivity contribution in [2.75, 3.05) is 0 Å². The first-order chi connectivity index (χ1) is 11.1. The van der Waals surface area contributed by atoms with Crippen LogP contribution in [0, 0.1) is 6.92 Å². The summed E-state index contributed by atoms with van der Waals surface area (Å²) < 4.78 is 6.47. The van der Waals surface area contributed by atoms with Crippen LogP contribution in [-0.2, 0) is 11.3 Å². The van der Waals surface area contributed by atoms with E-state index in [2.05, 4.69) is 4.98 Å². The Morgan fingerprint density at radius 1 is 1.26 bits per heavy atom. The molecular weight excluding hydrogens is 296 g/mol. The molecule has 0 unspecified atom stereocenters. The van der Waals surface area contributed by atoms with Crippen molar-refractivity contribution < 1.29 is 9.53 Å². The zero-order valence-corrected chi connectivity index (χ0v) is 12.9. The molecule has 0 spiro atoms. The molecule has 1 aromatic carbocycles. The molecule has 0 atom stereocenters. The number of hydrogen-bond donors (Lipinski definition) is 1. The third-order valence-corrected chi connectivity index (χ3v) is 4.27. The molecule has 120 valence electrons. The van der Waals surface area contributed by atoms with Crippen molar-refractivity contribution in [2.45, 2.75) is 38.8 Å². The average molecular weight is 314 g/mol. The lowest BCUT2D eigenvalue weighted by Gasteiger charge is -2.27. The number of carbonyl (C=O) groups is 1. The van der Waals surface area contributed by atoms with Gasteiger partial charge in [-0.1, -0.05) is 18.2 Å². The van der Waals surface area contributed by atoms with Crippen LogP contribution < -0.4 is 11.2 Å². The minimum absolute atomic E-state index is 0.00845. The Morgan fingerprint density at radius 2 is 1.96 bits per heavy atom. The van der Waals surface area contributed by atoms with Crippen molar-refractivity contribution >= 4 is 5.97 Å². The fourth-order valence-corrected chi connectivity index (χ4v) is 2.60. The number of carbonyl (C=O) groups excluding carboxylic acids is 1. The van der Waals surface area contributed by atoms with E-state index in [0.29, 0.717) is 16.8 Å². The second kappa shape index (κ2) is 6.24. The van der Waals surface area contributed by atoms with Crippen molar-refractivity contribution in [3.63, 3.8) is 0 Å². The van der Waals surface area contributed by atoms with Gasteiger partial charge in [0.05, 0.1) is 11.3 Å². The molecule has 6 heteroatoms. The van der Waals surface area contributed by atoms with Gasteiger partial charge in [0.2, 0.25) is 0 Å². The summed E-state index contributed by atoms with van der Waals surface area (Å²) in [4.78, 5) is 39.1. The first-order valence-corrected chi connectivity index (χ1v) is 7.64. The molecular formula is C17H18N2O4. The van der Waals surface area contributed by atoms with Gasteiger partial charge >= 0.3 is 11.7 Å². The molecule has 6 nitrogen and oxygen atoms in total. The van der Waals surface area contributed by atoms with Gasteiger partial charge in [0.25, 0.3) is 5.56 Å². The van der Waals surface area contributed by atoms with Crippen molar-refractivity contribution in [3.8, 4) is 0 Å². The van der Waals surface area contributed by atoms with Crippen LogP contribution in [0.15, 0.2) is 39.9 Å². The average Bonchev–Trinajstić information content (AvgIpc) is 2.52. The summed E-state index contributed by atoms with van der Waals surface area (Å²) in [5.74, 6) is -0.492. The standard InChI is InChI=1S/C17H18N2O4/c1-11-14(10-23-16(21)12-6-3-2-4-7-12)18-17(22)19(15(11)20)13-8-5-9-13/h2-4,6-7,13H,5,8-10H2,1H3,(H,18,22). The molecule has 1 saturated carbocycles. The Balaban J connectivity index is 1.80. The zero-order valence-electron chi connectivity index (χ0n) is 12.9. The first kappa shape index (κ1) is 15.3. The summed E-state index contributed by atoms with van der Waals surface area (Å²) in [6.45, 7) is 1.51. The summed E-state index contributed by atoms with van der Waals surface area (Å²) in [7, 11) is 0. The number of H-pyrrole nitrogens is 1. The van der Waals surface area contributed by atoms with Crippen molar-refractivity contribution in [2.24, 2.45) is 0 Å². The second-order valence-corrected chi connectivity index (χ2v) is 5.74. The molecule has 1 N–H and O–H groups in total. The van der Waals surface area contributed by atoms with Crippen LogP contribution in [0.5, 0.6) is 0 Å². The highest BCUT2D eigenvalue weighted by molar-refractivity contribution is 5.89. The lowest BCUT2D eigenvalue weighted by Crippen LogP contribution is -2.42. The van der Waals surface area contributed by atoms with Crippen LogP contribution in [-0.4, -0.2) is 15.5 Å². The fourth-order valence-electron chi connectivity index (χ4n) is 2.60. The molecule has 1 aliphatic carbocycles. The number of nitrogens with one attached hydrogen (secondary N) is 1. The summed E-state index contributed by atoms with van der Waals surface area (Å²) in [5.41, 5.74) is 0.452. The Labute approximate surface area is 132 Å². The largest absolute Gasteiger partial charge is 0.456 e. The van der Waals surface area contributed by atoms with E-state index < -0.39 is 11.7 Å². The lowest BCUT2D eigenvalue weighted by atomic mass is 9.93. The topological polar surface area (TPSA) is 81.2 Å². The van der Waals surface area contributed by atoms with Crippen LogP contribution >= 0.6 is 0 Å². The lowest BCUT2D eigenvalue weighted by molar-refractivity contribution is 0.0466. The van der Waals surface area contributed by atoms with Gasteiger partial charge in [-0.15, -0.1) is 0 Å². The summed E-state index contributed by atoms with van der Waals surface area (Å²) >= 11 is 0. The highest BCUT2D eigenvalue weighted by Crippen LogP contribution is 2.28. The SMILES string of the molecule is Cc1c(COC(=O)c2ccccc2)[nH]c(=O)n(C2CCC2)c1=O. The van der Waals surface area contributed by atoms with Gasteiger partial charge in [-0.05, 0) is 38.3 Å². The number of rotatable bonds is 4. The van der Waals surface area contributed by atoms with E-state index in [0.717, 1.165) is 19.3 Å². The quantitative estimate of drug-likeness (QED) is 0.874. The van der Waals surface area contributed by atoms with Crippen molar-refractivity contribution in [1.82, 2.24) is 9.55 Å². The predicted octanol–water partition coefficient (Wildman–Crippen LogP) is 1.93. The Hall–Kier alpha value is -2.63. The summed E-state index contributed by atoms with van der Waals surface area (Å²) in [6.07, 6.45) is 2.74. The van der Waals surface area contributed by atoms with Gasteiger partial charge in [0, 0.05) is 11.6 Å². The number of esters is 1. The molecule has 1 aliphatic rings. The van der Waals surface area contributed by atoms with Crippen molar-refractivity contribution in [1.29, 1.82) is 0 Å². The zero-order chi connectivity index (χ0) is 16.4. The Morgan fingerprint density at radius 3 is 2.57 bits per heavy atom. The summed E-state index contributed by atoms with van der Waals surface area (Å²) in [6, 6.07) is 8.57. The van der Waals surface area contributed by atoms with E-state index in [1.807, 2.05) is 0 Å². The first-order valence-electron chi connectivity index (χ1n) is 7.64. The molecule has 23 heavy (non-hydrogen) atoms. The number of aromatic nitrogens is 2. The number of benzene rings is 1. The highest BCUT2D eigenvalue weighted by Gasteiger charge is 2.24. The molecule has 1 fully saturated rings. The predicted molar refractivity (Wildman–Crippen MR) is 84.5 cm³/mol. The van der Waals surface area contributed by atoms with Crippen LogP contribution in [0.4, 0.5) is 0 Å². The fraction of sp³-hybridized carbons (Fsp3) is 0.353. The van der Waals surface area contributed by atoms with E-state index in [9.17, 15) is 14.4 Å². The van der Waals surface area contributed by atoms with Gasteiger partial charge in [0.1, 0.15) is 6.61 Å². The third kappa shape index (κ3) is 2.97. The van der Waals surface area contributed by atoms with Gasteiger partial charge in [-0.25, -0.2) is 9.59 Å². The number of aromatic amines is 1. The highest BCUT2D eigenvalue weighted by atomic mass is 16.5. The smallest absolute Gasteiger partial charge is 0.338 e. The van der Waals surface area contributed by atoms with E-state index in [1.54, 1.807) is 37.3 Å². The maximum atomic E-state index is 12.4. The van der Waals surface area contributed by atoms with E-state index in [1.165, 1.54) is 4.57 Å². The molecule has 2 aromatic rings. The van der Waals surface area contributed by atoms with Crippen LogP contribution in [0.1, 0.15) is 46.9 Å². The molecule has 3 rings (SSSR count). The van der Waals surface area contributed by atoms with Gasteiger partial charge in [-0.3, -0.25) is 9.36 Å². The minimum atomic E-state index is -0.492. The maximum Gasteiger partial charge on any atom is 0.338 e. The third-order valence-electron chi connectivity index (χ3n) is 4.27. The van der Waals surface area contributed by atoms with Crippen LogP contribution in [0.2, 0.25) is 0 Å². The van der Waals surface area contributed by atoms with Gasteiger partial charge in [0.15, 0.2) is 0 Å². The molecule has 0 aliphatic heterocycles. The number of ether oxygens (including phenoxy) is 1. The second-order valence-electron chi connectivity index (χ2n) is 5.74. The van der Waals surface area contributed by atoms with Crippen LogP contribution in [0.3, 0.4) is 0 Å². The minimum Gasteiger partial charge on any atom is -0.456 e. The van der Waals surface area contributed by atoms with E-state index in [4.69, 9.17) is 4.74 Å². The molecule has 0 bridgehead atoms. The number of hydrogen-bond acceptors (Lipinski definition) is 4. The molecule has 1 heterocycles. The van der Waals surface area contributed by atoms with Gasteiger partial charge < -0.3 is 9.72 Å². The Kier molecular flexibility index (Phi) is 4.14. The molecule has 0 saturated heterocycles. The molecule has 0 amide bonds. The number of nitrogens with zero attached hydrogens (tertiary/aromatic N) is 1. The van der Waals surface area contributed by atoms with Crippen molar-refractivity contribution in [3.05, 3.63) is 68.0 Å². The monoisotopic (exact) mass is 314 g/mol. The Bertz CT molecular complexity index is 832. The van der Waals surface area contributed by atoms with E-state index >= 15 is 0 Å². The van der Waals surface area contributed by atoms with E-state index in [-0.39, 0.29) is 18.2 Å². The molecule has 1 aromatic heterocycles. The summed E-state index contributed by atoms with van der Waals surface area (Å²) in [5, 5.41) is 0. The normalized spacial score (nSPS) is 14.3. The van der Waals surface area contributed by atoms with Crippen LogP contribution in [0.25, 0.3) is 0 Å². The molecule has 0 radical (unpaired) electrons.